The molecule has 2 N–H and O–H groups in total. The maximum absolute atomic E-state index is 13.0. The van der Waals surface area contributed by atoms with Crippen molar-refractivity contribution < 1.29 is 19.0 Å². The van der Waals surface area contributed by atoms with Crippen molar-refractivity contribution in [2.75, 3.05) is 25.1 Å². The van der Waals surface area contributed by atoms with Crippen molar-refractivity contribution in [3.63, 3.8) is 0 Å². The molecule has 1 aromatic rings. The lowest BCUT2D eigenvalue weighted by atomic mass is 10.1. The molecule has 0 atom stereocenters. The van der Waals surface area contributed by atoms with Crippen LogP contribution in [0.1, 0.15) is 30.6 Å². The van der Waals surface area contributed by atoms with Crippen LogP contribution in [0.3, 0.4) is 0 Å². The number of carbonyl (C=O) groups is 1. The molecular formula is C14H20FNO3. The van der Waals surface area contributed by atoms with Crippen LogP contribution >= 0.6 is 0 Å². The number of aromatic carboxylic acids is 1. The number of anilines is 1. The molecule has 0 saturated heterocycles. The second kappa shape index (κ2) is 7.74. The molecule has 0 heterocycles. The van der Waals surface area contributed by atoms with E-state index >= 15 is 0 Å². The number of hydrogen-bond donors (Lipinski definition) is 2. The van der Waals surface area contributed by atoms with Crippen molar-refractivity contribution in [3.8, 4) is 0 Å². The van der Waals surface area contributed by atoms with Crippen molar-refractivity contribution in [2.45, 2.75) is 20.3 Å². The van der Waals surface area contributed by atoms with E-state index in [2.05, 4.69) is 19.2 Å². The van der Waals surface area contributed by atoms with Crippen LogP contribution in [-0.2, 0) is 4.74 Å². The maximum Gasteiger partial charge on any atom is 0.337 e. The Bertz CT molecular complexity index is 421. The third-order valence-corrected chi connectivity index (χ3v) is 2.44. The Morgan fingerprint density at radius 3 is 2.84 bits per heavy atom. The zero-order valence-electron chi connectivity index (χ0n) is 11.3. The van der Waals surface area contributed by atoms with E-state index in [-0.39, 0.29) is 5.56 Å². The Morgan fingerprint density at radius 2 is 2.21 bits per heavy atom. The first kappa shape index (κ1) is 15.4. The molecule has 19 heavy (non-hydrogen) atoms. The monoisotopic (exact) mass is 269 g/mol. The van der Waals surface area contributed by atoms with Gasteiger partial charge in [0.05, 0.1) is 5.56 Å². The van der Waals surface area contributed by atoms with Gasteiger partial charge in [0.1, 0.15) is 5.82 Å². The first-order valence-corrected chi connectivity index (χ1v) is 6.35. The van der Waals surface area contributed by atoms with Crippen molar-refractivity contribution in [1.82, 2.24) is 0 Å². The molecule has 0 fully saturated rings. The normalized spacial score (nSPS) is 10.7. The van der Waals surface area contributed by atoms with Gasteiger partial charge in [-0.15, -0.1) is 0 Å². The number of nitrogens with one attached hydrogen (secondary N) is 1. The van der Waals surface area contributed by atoms with Gasteiger partial charge in [-0.3, -0.25) is 0 Å². The standard InChI is InChI=1S/C14H20FNO3/c1-10(2)9-19-7-3-6-16-13-5-4-11(15)8-12(13)14(17)18/h4-5,8,10,16H,3,6-7,9H2,1-2H3,(H,17,18). The van der Waals surface area contributed by atoms with Crippen LogP contribution < -0.4 is 5.32 Å². The molecule has 4 nitrogen and oxygen atoms in total. The van der Waals surface area contributed by atoms with Gasteiger partial charge in [0.2, 0.25) is 0 Å². The van der Waals surface area contributed by atoms with E-state index in [0.29, 0.717) is 24.8 Å². The average molecular weight is 269 g/mol. The molecule has 0 bridgehead atoms. The van der Waals surface area contributed by atoms with Gasteiger partial charge in [-0.25, -0.2) is 9.18 Å². The molecule has 5 heteroatoms. The predicted molar refractivity (Wildman–Crippen MR) is 72.1 cm³/mol. The zero-order chi connectivity index (χ0) is 14.3. The SMILES string of the molecule is CC(C)COCCCNc1ccc(F)cc1C(=O)O. The molecule has 0 radical (unpaired) electrons. The second-order valence-corrected chi connectivity index (χ2v) is 4.74. The molecule has 0 saturated carbocycles. The third-order valence-electron chi connectivity index (χ3n) is 2.44. The highest BCUT2D eigenvalue weighted by Gasteiger charge is 2.10. The number of carboxylic acid groups (broad SMARTS) is 1. The van der Waals surface area contributed by atoms with Gasteiger partial charge in [-0.1, -0.05) is 13.8 Å². The Morgan fingerprint density at radius 1 is 1.47 bits per heavy atom. The van der Waals surface area contributed by atoms with Gasteiger partial charge in [-0.05, 0) is 30.5 Å². The highest BCUT2D eigenvalue weighted by atomic mass is 19.1. The van der Waals surface area contributed by atoms with Crippen molar-refractivity contribution in [3.05, 3.63) is 29.6 Å². The van der Waals surface area contributed by atoms with Crippen LogP contribution in [0.15, 0.2) is 18.2 Å². The lowest BCUT2D eigenvalue weighted by Gasteiger charge is -2.10. The largest absolute Gasteiger partial charge is 0.478 e. The minimum Gasteiger partial charge on any atom is -0.478 e. The molecule has 0 aliphatic heterocycles. The van der Waals surface area contributed by atoms with E-state index in [1.807, 2.05) is 0 Å². The van der Waals surface area contributed by atoms with E-state index in [4.69, 9.17) is 9.84 Å². The Hall–Kier alpha value is -1.62. The molecule has 0 aliphatic carbocycles. The Labute approximate surface area is 112 Å². The summed E-state index contributed by atoms with van der Waals surface area (Å²) in [6.45, 7) is 6.08. The number of halogens is 1. The zero-order valence-corrected chi connectivity index (χ0v) is 11.3. The fourth-order valence-electron chi connectivity index (χ4n) is 1.56. The third kappa shape index (κ3) is 5.70. The first-order chi connectivity index (χ1) is 9.00. The second-order valence-electron chi connectivity index (χ2n) is 4.74. The number of benzene rings is 1. The average Bonchev–Trinajstić information content (AvgIpc) is 2.34. The summed E-state index contributed by atoms with van der Waals surface area (Å²) < 4.78 is 18.4. The summed E-state index contributed by atoms with van der Waals surface area (Å²) in [6, 6.07) is 3.69. The van der Waals surface area contributed by atoms with Crippen LogP contribution in [0.5, 0.6) is 0 Å². The summed E-state index contributed by atoms with van der Waals surface area (Å²) >= 11 is 0. The fourth-order valence-corrected chi connectivity index (χ4v) is 1.56. The lowest BCUT2D eigenvalue weighted by Crippen LogP contribution is -2.11. The Balaban J connectivity index is 2.39. The summed E-state index contributed by atoms with van der Waals surface area (Å²) in [5.74, 6) is -1.19. The minimum atomic E-state index is -1.14. The van der Waals surface area contributed by atoms with Crippen molar-refractivity contribution in [2.24, 2.45) is 5.92 Å². The van der Waals surface area contributed by atoms with Gasteiger partial charge in [-0.2, -0.15) is 0 Å². The number of carboxylic acids is 1. The molecule has 1 aromatic carbocycles. The van der Waals surface area contributed by atoms with Gasteiger partial charge in [0.25, 0.3) is 0 Å². The first-order valence-electron chi connectivity index (χ1n) is 6.35. The topological polar surface area (TPSA) is 58.6 Å². The number of ether oxygens (including phenoxy) is 1. The maximum atomic E-state index is 13.0. The molecule has 1 rings (SSSR count). The molecule has 0 unspecified atom stereocenters. The lowest BCUT2D eigenvalue weighted by molar-refractivity contribution is 0.0697. The fraction of sp³-hybridized carbons (Fsp3) is 0.500. The van der Waals surface area contributed by atoms with E-state index < -0.39 is 11.8 Å². The highest BCUT2D eigenvalue weighted by Crippen LogP contribution is 2.16. The van der Waals surface area contributed by atoms with Crippen LogP contribution in [0.4, 0.5) is 10.1 Å². The molecule has 106 valence electrons. The number of hydrogen-bond acceptors (Lipinski definition) is 3. The van der Waals surface area contributed by atoms with Crippen LogP contribution in [0, 0.1) is 11.7 Å². The molecule has 0 amide bonds. The minimum absolute atomic E-state index is 0.0527. The Kier molecular flexibility index (Phi) is 6.29. The van der Waals surface area contributed by atoms with Crippen LogP contribution in [0.25, 0.3) is 0 Å². The van der Waals surface area contributed by atoms with Gasteiger partial charge in [0.15, 0.2) is 0 Å². The van der Waals surface area contributed by atoms with E-state index in [0.717, 1.165) is 19.1 Å². The smallest absolute Gasteiger partial charge is 0.337 e. The predicted octanol–water partition coefficient (Wildman–Crippen LogP) is 3.00. The van der Waals surface area contributed by atoms with E-state index in [1.165, 1.54) is 12.1 Å². The van der Waals surface area contributed by atoms with E-state index in [9.17, 15) is 9.18 Å². The van der Waals surface area contributed by atoms with Gasteiger partial charge >= 0.3 is 5.97 Å². The van der Waals surface area contributed by atoms with Crippen molar-refractivity contribution >= 4 is 11.7 Å². The highest BCUT2D eigenvalue weighted by molar-refractivity contribution is 5.94. The summed E-state index contributed by atoms with van der Waals surface area (Å²) in [7, 11) is 0. The molecular weight excluding hydrogens is 249 g/mol. The summed E-state index contributed by atoms with van der Waals surface area (Å²) in [4.78, 5) is 11.0. The van der Waals surface area contributed by atoms with Crippen LogP contribution in [-0.4, -0.2) is 30.8 Å². The van der Waals surface area contributed by atoms with Gasteiger partial charge < -0.3 is 15.2 Å². The molecule has 0 aromatic heterocycles. The molecule has 0 aliphatic rings. The van der Waals surface area contributed by atoms with Crippen molar-refractivity contribution in [1.29, 1.82) is 0 Å². The van der Waals surface area contributed by atoms with E-state index in [1.54, 1.807) is 0 Å². The van der Waals surface area contributed by atoms with Crippen LogP contribution in [0.2, 0.25) is 0 Å². The number of rotatable bonds is 8. The summed E-state index contributed by atoms with van der Waals surface area (Å²) in [6.07, 6.45) is 0.767. The summed E-state index contributed by atoms with van der Waals surface area (Å²) in [5.41, 5.74) is 0.376. The quantitative estimate of drug-likeness (QED) is 0.712. The molecule has 0 spiro atoms. The summed E-state index contributed by atoms with van der Waals surface area (Å²) in [5, 5.41) is 11.9. The van der Waals surface area contributed by atoms with Gasteiger partial charge in [0, 0.05) is 25.4 Å².